The molecule has 1 unspecified atom stereocenters. The van der Waals surface area contributed by atoms with E-state index in [1.807, 2.05) is 20.8 Å². The summed E-state index contributed by atoms with van der Waals surface area (Å²) in [7, 11) is 0. The zero-order valence-electron chi connectivity index (χ0n) is 18.9. The minimum absolute atomic E-state index is 0.0796. The highest BCUT2D eigenvalue weighted by Gasteiger charge is 2.42. The number of hydrogen-bond acceptors (Lipinski definition) is 5. The standard InChI is InChI=1S/C25H38O5/c1-5-25(4,6-2)24(28)30-21-9-7-8-17-11-10-16(3)20(23(17)21)13-12-19-14-18(26)15-22(27)29-19/h8,10-11,16,18-21,23,26H,5-7,9,12-15H2,1-4H3/t16-,18+,19+,20-,21+,23?/m0/s1. The number of fused-ring (bicyclic) bond motifs is 1. The van der Waals surface area contributed by atoms with Crippen LogP contribution in [0, 0.1) is 23.2 Å². The largest absolute Gasteiger partial charge is 0.462 e. The molecule has 0 spiro atoms. The van der Waals surface area contributed by atoms with Crippen LogP contribution < -0.4 is 0 Å². The zero-order chi connectivity index (χ0) is 21.9. The summed E-state index contributed by atoms with van der Waals surface area (Å²) >= 11 is 0. The molecule has 1 heterocycles. The van der Waals surface area contributed by atoms with E-state index in [9.17, 15) is 14.7 Å². The molecule has 0 saturated carbocycles. The van der Waals surface area contributed by atoms with Crippen molar-refractivity contribution in [3.8, 4) is 0 Å². The van der Waals surface area contributed by atoms with Crippen molar-refractivity contribution in [2.24, 2.45) is 23.2 Å². The Balaban J connectivity index is 1.73. The second-order valence-corrected chi connectivity index (χ2v) is 9.68. The second kappa shape index (κ2) is 9.67. The Kier molecular flexibility index (Phi) is 7.43. The molecule has 168 valence electrons. The molecule has 3 rings (SSSR count). The maximum Gasteiger partial charge on any atom is 0.312 e. The summed E-state index contributed by atoms with van der Waals surface area (Å²) < 4.78 is 11.6. The fraction of sp³-hybridized carbons (Fsp3) is 0.760. The third kappa shape index (κ3) is 4.99. The maximum atomic E-state index is 13.0. The first-order valence-electron chi connectivity index (χ1n) is 11.7. The van der Waals surface area contributed by atoms with Gasteiger partial charge in [-0.1, -0.05) is 39.0 Å². The average molecular weight is 419 g/mol. The van der Waals surface area contributed by atoms with Crippen molar-refractivity contribution < 1.29 is 24.2 Å². The van der Waals surface area contributed by atoms with E-state index in [1.54, 1.807) is 0 Å². The second-order valence-electron chi connectivity index (χ2n) is 9.68. The van der Waals surface area contributed by atoms with Crippen molar-refractivity contribution in [3.63, 3.8) is 0 Å². The fourth-order valence-electron chi connectivity index (χ4n) is 5.19. The van der Waals surface area contributed by atoms with Crippen LogP contribution in [0.15, 0.2) is 23.8 Å². The van der Waals surface area contributed by atoms with Gasteiger partial charge in [-0.05, 0) is 62.9 Å². The van der Waals surface area contributed by atoms with Crippen LogP contribution in [0.2, 0.25) is 0 Å². The Bertz CT molecular complexity index is 690. The van der Waals surface area contributed by atoms with Crippen molar-refractivity contribution in [3.05, 3.63) is 23.8 Å². The Labute approximate surface area is 180 Å². The predicted octanol–water partition coefficient (Wildman–Crippen LogP) is 4.73. The number of rotatable bonds is 7. The molecule has 3 aliphatic rings. The van der Waals surface area contributed by atoms with Gasteiger partial charge >= 0.3 is 11.9 Å². The summed E-state index contributed by atoms with van der Waals surface area (Å²) in [5.74, 6) is 0.485. The van der Waals surface area contributed by atoms with E-state index in [1.165, 1.54) is 5.57 Å². The molecule has 1 fully saturated rings. The first kappa shape index (κ1) is 23.1. The SMILES string of the molecule is CCC(C)(CC)C(=O)O[C@@H]1CCC=C2C=C[C@H](C)[C@H](CC[C@@H]3C[C@@H](O)CC(=O)O3)C21. The van der Waals surface area contributed by atoms with Gasteiger partial charge in [0.15, 0.2) is 0 Å². The topological polar surface area (TPSA) is 72.8 Å². The summed E-state index contributed by atoms with van der Waals surface area (Å²) in [5, 5.41) is 9.91. The first-order chi connectivity index (χ1) is 14.3. The molecule has 1 saturated heterocycles. The normalized spacial score (nSPS) is 34.0. The number of allylic oxidation sites excluding steroid dienone is 3. The number of carbonyl (C=O) groups excluding carboxylic acids is 2. The highest BCUT2D eigenvalue weighted by Crippen LogP contribution is 2.44. The summed E-state index contributed by atoms with van der Waals surface area (Å²) in [6.45, 7) is 8.31. The number of hydrogen-bond donors (Lipinski definition) is 1. The van der Waals surface area contributed by atoms with E-state index >= 15 is 0 Å². The van der Waals surface area contributed by atoms with Gasteiger partial charge in [-0.25, -0.2) is 0 Å². The van der Waals surface area contributed by atoms with Crippen molar-refractivity contribution in [2.75, 3.05) is 0 Å². The lowest BCUT2D eigenvalue weighted by Gasteiger charge is -2.43. The molecule has 0 aromatic heterocycles. The van der Waals surface area contributed by atoms with Crippen LogP contribution in [0.4, 0.5) is 0 Å². The maximum absolute atomic E-state index is 13.0. The van der Waals surface area contributed by atoms with Crippen LogP contribution in [0.1, 0.15) is 79.1 Å². The van der Waals surface area contributed by atoms with Gasteiger partial charge in [0, 0.05) is 12.3 Å². The van der Waals surface area contributed by atoms with E-state index in [0.29, 0.717) is 18.3 Å². The third-order valence-corrected chi connectivity index (χ3v) is 7.71. The summed E-state index contributed by atoms with van der Waals surface area (Å²) in [6.07, 6.45) is 11.4. The monoisotopic (exact) mass is 418 g/mol. The fourth-order valence-corrected chi connectivity index (χ4v) is 5.19. The molecule has 6 atom stereocenters. The lowest BCUT2D eigenvalue weighted by molar-refractivity contribution is -0.166. The summed E-state index contributed by atoms with van der Waals surface area (Å²) in [6, 6.07) is 0. The third-order valence-electron chi connectivity index (χ3n) is 7.71. The smallest absolute Gasteiger partial charge is 0.312 e. The Morgan fingerprint density at radius 1 is 1.30 bits per heavy atom. The van der Waals surface area contributed by atoms with Crippen molar-refractivity contribution in [1.82, 2.24) is 0 Å². The van der Waals surface area contributed by atoms with Gasteiger partial charge in [-0.3, -0.25) is 9.59 Å². The van der Waals surface area contributed by atoms with Crippen LogP contribution in [0.3, 0.4) is 0 Å². The zero-order valence-corrected chi connectivity index (χ0v) is 18.9. The van der Waals surface area contributed by atoms with Crippen molar-refractivity contribution in [2.45, 2.75) is 97.4 Å². The van der Waals surface area contributed by atoms with Crippen LogP contribution in [-0.2, 0) is 19.1 Å². The van der Waals surface area contributed by atoms with Crippen LogP contribution in [0.25, 0.3) is 0 Å². The minimum atomic E-state index is -0.598. The first-order valence-corrected chi connectivity index (χ1v) is 11.7. The van der Waals surface area contributed by atoms with Crippen LogP contribution >= 0.6 is 0 Å². The molecule has 0 aromatic carbocycles. The molecule has 0 aromatic rings. The van der Waals surface area contributed by atoms with E-state index in [0.717, 1.165) is 38.5 Å². The van der Waals surface area contributed by atoms with Gasteiger partial charge in [0.1, 0.15) is 12.2 Å². The number of esters is 2. The van der Waals surface area contributed by atoms with E-state index in [-0.39, 0.29) is 36.5 Å². The predicted molar refractivity (Wildman–Crippen MR) is 116 cm³/mol. The quantitative estimate of drug-likeness (QED) is 0.605. The number of ether oxygens (including phenoxy) is 2. The Morgan fingerprint density at radius 2 is 2.03 bits per heavy atom. The van der Waals surface area contributed by atoms with E-state index in [4.69, 9.17) is 9.47 Å². The highest BCUT2D eigenvalue weighted by molar-refractivity contribution is 5.76. The van der Waals surface area contributed by atoms with Gasteiger partial charge in [0.25, 0.3) is 0 Å². The lowest BCUT2D eigenvalue weighted by Crippen LogP contribution is -2.42. The molecule has 0 radical (unpaired) electrons. The Hall–Kier alpha value is -1.62. The molecule has 5 heteroatoms. The van der Waals surface area contributed by atoms with Gasteiger partial charge < -0.3 is 14.6 Å². The Morgan fingerprint density at radius 3 is 2.70 bits per heavy atom. The molecular formula is C25H38O5. The van der Waals surface area contributed by atoms with Gasteiger partial charge in [-0.2, -0.15) is 0 Å². The van der Waals surface area contributed by atoms with Crippen molar-refractivity contribution >= 4 is 11.9 Å². The molecule has 0 amide bonds. The van der Waals surface area contributed by atoms with Crippen molar-refractivity contribution in [1.29, 1.82) is 0 Å². The molecule has 0 bridgehead atoms. The number of cyclic esters (lactones) is 1. The van der Waals surface area contributed by atoms with E-state index < -0.39 is 11.5 Å². The van der Waals surface area contributed by atoms with Gasteiger partial charge in [0.2, 0.25) is 0 Å². The highest BCUT2D eigenvalue weighted by atomic mass is 16.6. The molecule has 1 aliphatic heterocycles. The van der Waals surface area contributed by atoms with E-state index in [2.05, 4.69) is 25.2 Å². The number of aliphatic hydroxyl groups is 1. The molecule has 5 nitrogen and oxygen atoms in total. The average Bonchev–Trinajstić information content (AvgIpc) is 2.72. The molecule has 30 heavy (non-hydrogen) atoms. The van der Waals surface area contributed by atoms with Crippen LogP contribution in [0.5, 0.6) is 0 Å². The number of aliphatic hydroxyl groups excluding tert-OH is 1. The van der Waals surface area contributed by atoms with Crippen LogP contribution in [-0.4, -0.2) is 35.4 Å². The minimum Gasteiger partial charge on any atom is -0.462 e. The molecule has 1 N–H and O–H groups in total. The van der Waals surface area contributed by atoms with Gasteiger partial charge in [0.05, 0.1) is 17.9 Å². The molecule has 2 aliphatic carbocycles. The lowest BCUT2D eigenvalue weighted by atomic mass is 9.66. The number of carbonyl (C=O) groups is 2. The van der Waals surface area contributed by atoms with Gasteiger partial charge in [-0.15, -0.1) is 0 Å². The summed E-state index contributed by atoms with van der Waals surface area (Å²) in [5.41, 5.74) is 0.844. The summed E-state index contributed by atoms with van der Waals surface area (Å²) in [4.78, 5) is 24.7. The molecular weight excluding hydrogens is 380 g/mol.